The van der Waals surface area contributed by atoms with Crippen LogP contribution >= 0.6 is 11.6 Å². The summed E-state index contributed by atoms with van der Waals surface area (Å²) in [4.78, 5) is 29.9. The lowest BCUT2D eigenvalue weighted by Crippen LogP contribution is -2.48. The summed E-state index contributed by atoms with van der Waals surface area (Å²) >= 11 is 5.83. The highest BCUT2D eigenvalue weighted by molar-refractivity contribution is 6.31. The lowest BCUT2D eigenvalue weighted by atomic mass is 9.94. The normalized spacial score (nSPS) is 15.9. The Labute approximate surface area is 192 Å². The van der Waals surface area contributed by atoms with Crippen LogP contribution < -0.4 is 10.9 Å². The molecule has 3 N–H and O–H groups in total. The standard InChI is InChI=1S/C23H22ClF2N3O4/c1-23(2,32)11-29(22(31)27-13-4-6-17(26)16(24)8-13)19-10-33-9-18-20(19)14-5-3-12(25)7-15(14)21(30)28-18/h3-8,19,32H,9-11H2,1-2H3,(H,27,31)(H,28,30). The number of urea groups is 1. The quantitative estimate of drug-likeness (QED) is 0.521. The van der Waals surface area contributed by atoms with E-state index in [4.69, 9.17) is 16.3 Å². The summed E-state index contributed by atoms with van der Waals surface area (Å²) in [6.07, 6.45) is 0. The van der Waals surface area contributed by atoms with Gasteiger partial charge < -0.3 is 25.0 Å². The van der Waals surface area contributed by atoms with Crippen LogP contribution in [0, 0.1) is 11.6 Å². The van der Waals surface area contributed by atoms with Crippen molar-refractivity contribution < 1.29 is 23.4 Å². The zero-order valence-electron chi connectivity index (χ0n) is 17.9. The Bertz CT molecular complexity index is 1290. The number of ether oxygens (including phenoxy) is 1. The van der Waals surface area contributed by atoms with Crippen LogP contribution in [0.25, 0.3) is 10.8 Å². The number of pyridine rings is 1. The summed E-state index contributed by atoms with van der Waals surface area (Å²) in [5.41, 5.74) is -0.412. The van der Waals surface area contributed by atoms with Crippen LogP contribution in [-0.4, -0.2) is 39.8 Å². The van der Waals surface area contributed by atoms with Crippen molar-refractivity contribution in [3.05, 3.63) is 74.7 Å². The van der Waals surface area contributed by atoms with Crippen molar-refractivity contribution in [3.63, 3.8) is 0 Å². The fraction of sp³-hybridized carbons (Fsp3) is 0.304. The first-order valence-electron chi connectivity index (χ1n) is 10.2. The monoisotopic (exact) mass is 477 g/mol. The molecule has 2 heterocycles. The summed E-state index contributed by atoms with van der Waals surface area (Å²) in [5, 5.41) is 13.7. The Morgan fingerprint density at radius 2 is 2.03 bits per heavy atom. The van der Waals surface area contributed by atoms with Gasteiger partial charge in [-0.2, -0.15) is 0 Å². The highest BCUT2D eigenvalue weighted by atomic mass is 35.5. The molecule has 1 aromatic heterocycles. The molecular weight excluding hydrogens is 456 g/mol. The SMILES string of the molecule is CC(C)(O)CN(C(=O)Nc1ccc(F)c(Cl)c1)C1COCc2[nH]c(=O)c3cc(F)ccc3c21. The van der Waals surface area contributed by atoms with Gasteiger partial charge in [-0.05, 0) is 49.6 Å². The number of aromatic nitrogens is 1. The van der Waals surface area contributed by atoms with Gasteiger partial charge >= 0.3 is 6.03 Å². The van der Waals surface area contributed by atoms with Crippen molar-refractivity contribution in [2.75, 3.05) is 18.5 Å². The minimum atomic E-state index is -1.28. The van der Waals surface area contributed by atoms with Gasteiger partial charge in [0.05, 0.1) is 41.8 Å². The maximum Gasteiger partial charge on any atom is 0.322 e. The van der Waals surface area contributed by atoms with E-state index in [2.05, 4.69) is 10.3 Å². The number of carbonyl (C=O) groups is 1. The molecule has 2 aromatic carbocycles. The van der Waals surface area contributed by atoms with Gasteiger partial charge in [-0.25, -0.2) is 13.6 Å². The van der Waals surface area contributed by atoms with Gasteiger partial charge in [-0.1, -0.05) is 17.7 Å². The van der Waals surface area contributed by atoms with Gasteiger partial charge in [0.1, 0.15) is 11.6 Å². The number of carbonyl (C=O) groups excluding carboxylic acids is 1. The van der Waals surface area contributed by atoms with Crippen molar-refractivity contribution in [1.29, 1.82) is 0 Å². The largest absolute Gasteiger partial charge is 0.389 e. The topological polar surface area (TPSA) is 94.7 Å². The van der Waals surface area contributed by atoms with Crippen LogP contribution in [0.5, 0.6) is 0 Å². The number of nitrogens with one attached hydrogen (secondary N) is 2. The molecule has 4 rings (SSSR count). The van der Waals surface area contributed by atoms with Crippen LogP contribution in [0.1, 0.15) is 31.1 Å². The van der Waals surface area contributed by atoms with Crippen LogP contribution in [-0.2, 0) is 11.3 Å². The minimum absolute atomic E-state index is 0.0825. The summed E-state index contributed by atoms with van der Waals surface area (Å²) in [6, 6.07) is 6.35. The zero-order chi connectivity index (χ0) is 23.9. The molecule has 3 aromatic rings. The third-order valence-electron chi connectivity index (χ3n) is 5.33. The lowest BCUT2D eigenvalue weighted by Gasteiger charge is -2.38. The molecule has 2 amide bonds. The van der Waals surface area contributed by atoms with E-state index in [0.29, 0.717) is 16.6 Å². The second-order valence-corrected chi connectivity index (χ2v) is 8.97. The minimum Gasteiger partial charge on any atom is -0.389 e. The third kappa shape index (κ3) is 4.85. The number of fused-ring (bicyclic) bond motifs is 3. The first kappa shape index (κ1) is 23.2. The number of aliphatic hydroxyl groups is 1. The summed E-state index contributed by atoms with van der Waals surface area (Å²) in [5.74, 6) is -1.18. The molecule has 0 spiro atoms. The second kappa shape index (κ2) is 8.74. The smallest absolute Gasteiger partial charge is 0.322 e. The van der Waals surface area contributed by atoms with E-state index in [-0.39, 0.29) is 35.9 Å². The Morgan fingerprint density at radius 3 is 2.73 bits per heavy atom. The molecule has 0 bridgehead atoms. The first-order chi connectivity index (χ1) is 15.5. The zero-order valence-corrected chi connectivity index (χ0v) is 18.7. The number of halogens is 3. The van der Waals surface area contributed by atoms with E-state index in [1.165, 1.54) is 29.2 Å². The number of aromatic amines is 1. The maximum absolute atomic E-state index is 13.8. The van der Waals surface area contributed by atoms with E-state index >= 15 is 0 Å². The number of hydrogen-bond donors (Lipinski definition) is 3. The highest BCUT2D eigenvalue weighted by Gasteiger charge is 2.35. The number of nitrogens with zero attached hydrogens (tertiary/aromatic N) is 1. The Morgan fingerprint density at radius 1 is 1.27 bits per heavy atom. The molecular formula is C23H22ClF2N3O4. The molecule has 174 valence electrons. The molecule has 0 fully saturated rings. The predicted molar refractivity (Wildman–Crippen MR) is 120 cm³/mol. The lowest BCUT2D eigenvalue weighted by molar-refractivity contribution is 0.00309. The fourth-order valence-corrected chi connectivity index (χ4v) is 4.16. The van der Waals surface area contributed by atoms with Crippen molar-refractivity contribution in [1.82, 2.24) is 9.88 Å². The Balaban J connectivity index is 1.80. The predicted octanol–water partition coefficient (Wildman–Crippen LogP) is 4.34. The summed E-state index contributed by atoms with van der Waals surface area (Å²) in [6.45, 7) is 3.20. The van der Waals surface area contributed by atoms with Crippen LogP contribution in [0.4, 0.5) is 19.3 Å². The van der Waals surface area contributed by atoms with Crippen molar-refractivity contribution in [2.24, 2.45) is 0 Å². The molecule has 0 saturated carbocycles. The number of benzene rings is 2. The third-order valence-corrected chi connectivity index (χ3v) is 5.62. The van der Waals surface area contributed by atoms with Crippen LogP contribution in [0.2, 0.25) is 5.02 Å². The molecule has 0 radical (unpaired) electrons. The average molecular weight is 478 g/mol. The van der Waals surface area contributed by atoms with E-state index < -0.39 is 34.9 Å². The van der Waals surface area contributed by atoms with E-state index in [1.807, 2.05) is 0 Å². The molecule has 1 unspecified atom stereocenters. The molecule has 0 saturated heterocycles. The van der Waals surface area contributed by atoms with Gasteiger partial charge in [-0.15, -0.1) is 0 Å². The van der Waals surface area contributed by atoms with Gasteiger partial charge in [0.15, 0.2) is 0 Å². The maximum atomic E-state index is 13.8. The van der Waals surface area contributed by atoms with Gasteiger partial charge in [0.25, 0.3) is 5.56 Å². The first-order valence-corrected chi connectivity index (χ1v) is 10.6. The molecule has 10 heteroatoms. The van der Waals surface area contributed by atoms with Crippen molar-refractivity contribution in [2.45, 2.75) is 32.1 Å². The molecule has 1 atom stereocenters. The Kier molecular flexibility index (Phi) is 6.13. The van der Waals surface area contributed by atoms with Gasteiger partial charge in [0.2, 0.25) is 0 Å². The fourth-order valence-electron chi connectivity index (χ4n) is 3.98. The second-order valence-electron chi connectivity index (χ2n) is 8.57. The number of anilines is 1. The highest BCUT2D eigenvalue weighted by Crippen LogP contribution is 2.35. The molecule has 0 aliphatic carbocycles. The van der Waals surface area contributed by atoms with E-state index in [1.54, 1.807) is 13.8 Å². The number of H-pyrrole nitrogens is 1. The Hall–Kier alpha value is -3.01. The number of hydrogen-bond acceptors (Lipinski definition) is 4. The van der Waals surface area contributed by atoms with Gasteiger partial charge in [-0.3, -0.25) is 4.79 Å². The molecule has 1 aliphatic rings. The van der Waals surface area contributed by atoms with Crippen molar-refractivity contribution >= 4 is 34.1 Å². The van der Waals surface area contributed by atoms with E-state index in [0.717, 1.165) is 12.1 Å². The summed E-state index contributed by atoms with van der Waals surface area (Å²) < 4.78 is 33.0. The van der Waals surface area contributed by atoms with Crippen LogP contribution in [0.3, 0.4) is 0 Å². The summed E-state index contributed by atoms with van der Waals surface area (Å²) in [7, 11) is 0. The molecule has 1 aliphatic heterocycles. The average Bonchev–Trinajstić information content (AvgIpc) is 2.74. The molecule has 33 heavy (non-hydrogen) atoms. The van der Waals surface area contributed by atoms with Crippen molar-refractivity contribution in [3.8, 4) is 0 Å². The molecule has 7 nitrogen and oxygen atoms in total. The van der Waals surface area contributed by atoms with Crippen LogP contribution in [0.15, 0.2) is 41.2 Å². The number of amides is 2. The van der Waals surface area contributed by atoms with E-state index in [9.17, 15) is 23.5 Å². The van der Waals surface area contributed by atoms with Gasteiger partial charge in [0, 0.05) is 16.9 Å². The number of rotatable bonds is 4.